The zero-order valence-electron chi connectivity index (χ0n) is 22.3. The predicted molar refractivity (Wildman–Crippen MR) is 148 cm³/mol. The minimum absolute atomic E-state index is 0.0145. The molecule has 7 heteroatoms. The molecule has 3 aromatic carbocycles. The second-order valence-corrected chi connectivity index (χ2v) is 10.8. The lowest BCUT2D eigenvalue weighted by molar-refractivity contribution is -0.135. The molecular weight excluding hydrogens is 478 g/mol. The molecule has 0 radical (unpaired) electrons. The van der Waals surface area contributed by atoms with Crippen LogP contribution in [-0.4, -0.2) is 42.0 Å². The van der Waals surface area contributed by atoms with Gasteiger partial charge in [0.2, 0.25) is 5.91 Å². The van der Waals surface area contributed by atoms with Crippen molar-refractivity contribution in [2.24, 2.45) is 4.99 Å². The van der Waals surface area contributed by atoms with Crippen molar-refractivity contribution >= 4 is 29.2 Å². The summed E-state index contributed by atoms with van der Waals surface area (Å²) in [7, 11) is 1.61. The molecule has 0 saturated carbocycles. The third kappa shape index (κ3) is 4.88. The number of ether oxygens (including phenoxy) is 2. The molecule has 1 unspecified atom stereocenters. The van der Waals surface area contributed by atoms with E-state index in [1.165, 1.54) is 0 Å². The van der Waals surface area contributed by atoms with Crippen molar-refractivity contribution in [3.05, 3.63) is 90.0 Å². The Kier molecular flexibility index (Phi) is 6.69. The molecule has 2 aliphatic rings. The molecule has 2 heterocycles. The Morgan fingerprint density at radius 2 is 1.68 bits per heavy atom. The molecule has 1 saturated heterocycles. The number of rotatable bonds is 4. The van der Waals surface area contributed by atoms with E-state index in [0.717, 1.165) is 11.1 Å². The van der Waals surface area contributed by atoms with Crippen molar-refractivity contribution < 1.29 is 19.1 Å². The van der Waals surface area contributed by atoms with Gasteiger partial charge in [0.05, 0.1) is 23.9 Å². The van der Waals surface area contributed by atoms with E-state index in [-0.39, 0.29) is 12.3 Å². The van der Waals surface area contributed by atoms with Gasteiger partial charge in [-0.05, 0) is 68.7 Å². The number of fused-ring (bicyclic) bond motifs is 2. The highest BCUT2D eigenvalue weighted by atomic mass is 16.6. The van der Waals surface area contributed by atoms with Crippen LogP contribution in [0, 0.1) is 0 Å². The van der Waals surface area contributed by atoms with Gasteiger partial charge in [0, 0.05) is 19.5 Å². The molecule has 1 atom stereocenters. The van der Waals surface area contributed by atoms with Crippen LogP contribution in [0.1, 0.15) is 44.7 Å². The molecule has 2 aliphatic heterocycles. The quantitative estimate of drug-likeness (QED) is 0.416. The lowest BCUT2D eigenvalue weighted by Gasteiger charge is -2.40. The maximum absolute atomic E-state index is 13.7. The Morgan fingerprint density at radius 3 is 2.32 bits per heavy atom. The van der Waals surface area contributed by atoms with E-state index in [2.05, 4.69) is 0 Å². The number of aliphatic imine (C=N–C) groups is 1. The summed E-state index contributed by atoms with van der Waals surface area (Å²) < 4.78 is 11.4. The number of benzene rings is 3. The number of likely N-dealkylation sites (tertiary alicyclic amines) is 1. The summed E-state index contributed by atoms with van der Waals surface area (Å²) in [6.45, 7) is 6.59. The summed E-state index contributed by atoms with van der Waals surface area (Å²) in [5.41, 5.74) is 1.80. The Morgan fingerprint density at radius 1 is 1.00 bits per heavy atom. The molecule has 3 aromatic rings. The minimum atomic E-state index is -0.805. The largest absolute Gasteiger partial charge is 0.497 e. The van der Waals surface area contributed by atoms with Crippen LogP contribution in [0.5, 0.6) is 5.75 Å². The van der Waals surface area contributed by atoms with E-state index < -0.39 is 17.1 Å². The van der Waals surface area contributed by atoms with E-state index in [0.29, 0.717) is 42.5 Å². The highest BCUT2D eigenvalue weighted by molar-refractivity contribution is 6.25. The smallest absolute Gasteiger partial charge is 0.420 e. The van der Waals surface area contributed by atoms with Crippen LogP contribution in [0.25, 0.3) is 0 Å². The predicted octanol–water partition coefficient (Wildman–Crippen LogP) is 6.24. The van der Waals surface area contributed by atoms with Crippen LogP contribution in [-0.2, 0) is 21.5 Å². The topological polar surface area (TPSA) is 71.4 Å². The molecule has 0 bridgehead atoms. The van der Waals surface area contributed by atoms with Crippen molar-refractivity contribution in [1.82, 2.24) is 4.90 Å². The highest BCUT2D eigenvalue weighted by Crippen LogP contribution is 2.51. The average Bonchev–Trinajstić information content (AvgIpc) is 3.14. The molecule has 0 aliphatic carbocycles. The zero-order valence-corrected chi connectivity index (χ0v) is 22.3. The van der Waals surface area contributed by atoms with Gasteiger partial charge in [-0.25, -0.2) is 14.7 Å². The van der Waals surface area contributed by atoms with Gasteiger partial charge in [-0.2, -0.15) is 0 Å². The van der Waals surface area contributed by atoms with Crippen LogP contribution in [0.4, 0.5) is 16.2 Å². The van der Waals surface area contributed by atoms with Crippen LogP contribution in [0.3, 0.4) is 0 Å². The first-order valence-corrected chi connectivity index (χ1v) is 12.9. The van der Waals surface area contributed by atoms with Gasteiger partial charge in [-0.3, -0.25) is 4.79 Å². The number of hydrogen-bond donors (Lipinski definition) is 0. The number of carbonyl (C=O) groups is 2. The molecule has 38 heavy (non-hydrogen) atoms. The van der Waals surface area contributed by atoms with E-state index >= 15 is 0 Å². The standard InChI is InChI=1S/C31H33N3O4/c1-30(2,3)38-29(36)34-26-16-15-24(37-4)19-25(26)31(28(34)32-23-13-9-6-10-14-23)17-18-33(27(35)20-31)21-22-11-7-5-8-12-22/h5-16,19H,17-18,20-21H2,1-4H3. The fourth-order valence-corrected chi connectivity index (χ4v) is 5.24. The Hall–Kier alpha value is -4.13. The van der Waals surface area contributed by atoms with Crippen molar-refractivity contribution in [2.75, 3.05) is 18.6 Å². The first-order valence-electron chi connectivity index (χ1n) is 12.9. The summed E-state index contributed by atoms with van der Waals surface area (Å²) in [6.07, 6.45) is 0.274. The summed E-state index contributed by atoms with van der Waals surface area (Å²) in [6, 6.07) is 25.1. The first kappa shape index (κ1) is 25.5. The van der Waals surface area contributed by atoms with Gasteiger partial charge in [-0.15, -0.1) is 0 Å². The Balaban J connectivity index is 1.62. The molecule has 196 valence electrons. The van der Waals surface area contributed by atoms with Crippen molar-refractivity contribution in [3.8, 4) is 5.75 Å². The molecule has 0 aromatic heterocycles. The van der Waals surface area contributed by atoms with Crippen LogP contribution in [0.2, 0.25) is 0 Å². The SMILES string of the molecule is COc1ccc2c(c1)C1(CCN(Cc3ccccc3)C(=O)C1)C(=Nc1ccccc1)N2C(=O)OC(C)(C)C. The second kappa shape index (κ2) is 9.97. The van der Waals surface area contributed by atoms with Gasteiger partial charge in [0.15, 0.2) is 0 Å². The minimum Gasteiger partial charge on any atom is -0.497 e. The Labute approximate surface area is 223 Å². The van der Waals surface area contributed by atoms with Crippen LogP contribution < -0.4 is 9.64 Å². The van der Waals surface area contributed by atoms with Gasteiger partial charge < -0.3 is 14.4 Å². The normalized spacial score (nSPS) is 20.1. The lowest BCUT2D eigenvalue weighted by Crippen LogP contribution is -2.52. The van der Waals surface area contributed by atoms with Crippen LogP contribution in [0.15, 0.2) is 83.9 Å². The number of nitrogens with zero attached hydrogens (tertiary/aromatic N) is 3. The van der Waals surface area contributed by atoms with Crippen molar-refractivity contribution in [1.29, 1.82) is 0 Å². The zero-order chi connectivity index (χ0) is 26.9. The van der Waals surface area contributed by atoms with E-state index in [4.69, 9.17) is 14.5 Å². The molecule has 0 N–H and O–H groups in total. The number of para-hydroxylation sites is 1. The van der Waals surface area contributed by atoms with Gasteiger partial charge >= 0.3 is 6.09 Å². The average molecular weight is 512 g/mol. The number of methoxy groups -OCH3 is 1. The number of amides is 2. The third-order valence-electron chi connectivity index (χ3n) is 7.00. The van der Waals surface area contributed by atoms with Gasteiger partial charge in [-0.1, -0.05) is 48.5 Å². The van der Waals surface area contributed by atoms with Crippen molar-refractivity contribution in [3.63, 3.8) is 0 Å². The number of hydrogen-bond acceptors (Lipinski definition) is 5. The fourth-order valence-electron chi connectivity index (χ4n) is 5.24. The molecule has 5 rings (SSSR count). The Bertz CT molecular complexity index is 1360. The summed E-state index contributed by atoms with van der Waals surface area (Å²) in [5, 5.41) is 0. The molecular formula is C31H33N3O4. The monoisotopic (exact) mass is 511 g/mol. The lowest BCUT2D eigenvalue weighted by atomic mass is 9.72. The highest BCUT2D eigenvalue weighted by Gasteiger charge is 2.55. The summed E-state index contributed by atoms with van der Waals surface area (Å²) >= 11 is 0. The number of carbonyl (C=O) groups excluding carboxylic acids is 2. The maximum atomic E-state index is 13.7. The molecule has 1 fully saturated rings. The third-order valence-corrected chi connectivity index (χ3v) is 7.00. The van der Waals surface area contributed by atoms with E-state index in [9.17, 15) is 9.59 Å². The van der Waals surface area contributed by atoms with Crippen LogP contribution >= 0.6 is 0 Å². The molecule has 7 nitrogen and oxygen atoms in total. The molecule has 1 spiro atoms. The van der Waals surface area contributed by atoms with E-state index in [1.54, 1.807) is 12.0 Å². The van der Waals surface area contributed by atoms with Crippen molar-refractivity contribution in [2.45, 2.75) is 51.2 Å². The number of anilines is 1. The number of amidine groups is 1. The molecule has 2 amide bonds. The fraction of sp³-hybridized carbons (Fsp3) is 0.323. The maximum Gasteiger partial charge on any atom is 0.420 e. The summed E-state index contributed by atoms with van der Waals surface area (Å²) in [5.74, 6) is 1.18. The van der Waals surface area contributed by atoms with Gasteiger partial charge in [0.1, 0.15) is 17.2 Å². The first-order chi connectivity index (χ1) is 18.2. The van der Waals surface area contributed by atoms with Gasteiger partial charge in [0.25, 0.3) is 0 Å². The number of piperidine rings is 1. The van der Waals surface area contributed by atoms with E-state index in [1.807, 2.05) is 105 Å². The summed E-state index contributed by atoms with van der Waals surface area (Å²) in [4.78, 5) is 35.9. The second-order valence-electron chi connectivity index (χ2n) is 10.8.